The van der Waals surface area contributed by atoms with Crippen LogP contribution in [0.15, 0.2) is 57.8 Å². The Kier molecular flexibility index (Phi) is 5.30. The first-order valence-electron chi connectivity index (χ1n) is 9.49. The summed E-state index contributed by atoms with van der Waals surface area (Å²) in [6, 6.07) is 14.3. The second kappa shape index (κ2) is 7.72. The summed E-state index contributed by atoms with van der Waals surface area (Å²) in [5, 5.41) is 0.633. The van der Waals surface area contributed by atoms with E-state index in [0.29, 0.717) is 27.9 Å². The number of nitrogens with zero attached hydrogens (tertiary/aromatic N) is 1. The lowest BCUT2D eigenvalue weighted by Gasteiger charge is -2.17. The molecule has 1 aliphatic rings. The van der Waals surface area contributed by atoms with Gasteiger partial charge < -0.3 is 4.42 Å². The van der Waals surface area contributed by atoms with Crippen molar-refractivity contribution in [3.63, 3.8) is 0 Å². The molecule has 1 saturated carbocycles. The van der Waals surface area contributed by atoms with Crippen LogP contribution >= 0.6 is 11.6 Å². The highest BCUT2D eigenvalue weighted by atomic mass is 35.5. The summed E-state index contributed by atoms with van der Waals surface area (Å²) in [6.07, 6.45) is 6.89. The van der Waals surface area contributed by atoms with E-state index < -0.39 is 9.84 Å². The van der Waals surface area contributed by atoms with Gasteiger partial charge in [-0.05, 0) is 43.2 Å². The van der Waals surface area contributed by atoms with E-state index in [-0.39, 0.29) is 10.8 Å². The molecule has 0 N–H and O–H groups in total. The van der Waals surface area contributed by atoms with Gasteiger partial charge in [-0.2, -0.15) is 0 Å². The highest BCUT2D eigenvalue weighted by Crippen LogP contribution is 2.40. The molecule has 0 saturated heterocycles. The summed E-state index contributed by atoms with van der Waals surface area (Å²) in [5.74, 6) is 1.57. The van der Waals surface area contributed by atoms with Crippen LogP contribution in [0.25, 0.3) is 22.6 Å². The molecule has 0 amide bonds. The van der Waals surface area contributed by atoms with E-state index in [1.54, 1.807) is 30.3 Å². The zero-order valence-electron chi connectivity index (χ0n) is 15.7. The van der Waals surface area contributed by atoms with E-state index >= 15 is 0 Å². The second-order valence-electron chi connectivity index (χ2n) is 7.34. The molecule has 146 valence electrons. The maximum Gasteiger partial charge on any atom is 0.198 e. The van der Waals surface area contributed by atoms with Crippen molar-refractivity contribution in [2.45, 2.75) is 42.9 Å². The molecule has 1 aliphatic carbocycles. The van der Waals surface area contributed by atoms with Gasteiger partial charge in [0.15, 0.2) is 21.5 Å². The molecule has 4 nitrogen and oxygen atoms in total. The van der Waals surface area contributed by atoms with Crippen LogP contribution in [0.3, 0.4) is 0 Å². The average Bonchev–Trinajstić information content (AvgIpc) is 3.14. The van der Waals surface area contributed by atoms with Crippen molar-refractivity contribution in [2.75, 3.05) is 6.26 Å². The van der Waals surface area contributed by atoms with Crippen molar-refractivity contribution in [3.8, 4) is 22.6 Å². The highest BCUT2D eigenvalue weighted by molar-refractivity contribution is 7.90. The van der Waals surface area contributed by atoms with Crippen molar-refractivity contribution >= 4 is 21.4 Å². The van der Waals surface area contributed by atoms with E-state index in [2.05, 4.69) is 0 Å². The number of sulfone groups is 1. The zero-order valence-corrected chi connectivity index (χ0v) is 17.3. The minimum absolute atomic E-state index is 0.258. The Balaban J connectivity index is 1.91. The van der Waals surface area contributed by atoms with Crippen LogP contribution in [0.2, 0.25) is 5.02 Å². The summed E-state index contributed by atoms with van der Waals surface area (Å²) in [5.41, 5.74) is 1.97. The lowest BCUT2D eigenvalue weighted by atomic mass is 9.89. The standard InChI is InChI=1S/C22H22ClNO3S/c1-28(25,26)19-10-6-5-9-18(19)20-21(15-11-13-17(23)14-12-15)27-22(24-20)16-7-3-2-4-8-16/h5-6,9-14,16H,2-4,7-8H2,1H3. The van der Waals surface area contributed by atoms with Crippen molar-refractivity contribution in [1.29, 1.82) is 0 Å². The molecule has 28 heavy (non-hydrogen) atoms. The number of benzene rings is 2. The first-order valence-corrected chi connectivity index (χ1v) is 11.8. The Morgan fingerprint density at radius 3 is 2.36 bits per heavy atom. The number of hydrogen-bond acceptors (Lipinski definition) is 4. The van der Waals surface area contributed by atoms with Gasteiger partial charge in [-0.1, -0.05) is 49.1 Å². The molecule has 3 aromatic rings. The fourth-order valence-corrected chi connectivity index (χ4v) is 4.84. The summed E-state index contributed by atoms with van der Waals surface area (Å²) < 4.78 is 31.0. The molecule has 4 rings (SSSR count). The number of oxazole rings is 1. The van der Waals surface area contributed by atoms with Gasteiger partial charge >= 0.3 is 0 Å². The number of rotatable bonds is 4. The van der Waals surface area contributed by atoms with Gasteiger partial charge in [-0.15, -0.1) is 0 Å². The van der Waals surface area contributed by atoms with Gasteiger partial charge in [0.2, 0.25) is 0 Å². The van der Waals surface area contributed by atoms with E-state index in [9.17, 15) is 8.42 Å². The van der Waals surface area contributed by atoms with Crippen LogP contribution in [0.1, 0.15) is 43.9 Å². The monoisotopic (exact) mass is 415 g/mol. The number of halogens is 1. The normalized spacial score (nSPS) is 15.6. The first kappa shape index (κ1) is 19.2. The van der Waals surface area contributed by atoms with Gasteiger partial charge in [0.05, 0.1) is 4.90 Å². The summed E-state index contributed by atoms with van der Waals surface area (Å²) in [4.78, 5) is 5.07. The largest absolute Gasteiger partial charge is 0.440 e. The van der Waals surface area contributed by atoms with Gasteiger partial charge in [0.1, 0.15) is 5.69 Å². The van der Waals surface area contributed by atoms with Crippen molar-refractivity contribution in [1.82, 2.24) is 4.98 Å². The molecule has 2 aromatic carbocycles. The molecule has 0 aliphatic heterocycles. The average molecular weight is 416 g/mol. The van der Waals surface area contributed by atoms with E-state index in [1.807, 2.05) is 18.2 Å². The van der Waals surface area contributed by atoms with Crippen LogP contribution < -0.4 is 0 Å². The molecule has 1 fully saturated rings. The fourth-order valence-electron chi connectivity index (χ4n) is 3.83. The van der Waals surface area contributed by atoms with Crippen molar-refractivity contribution < 1.29 is 12.8 Å². The zero-order chi connectivity index (χ0) is 19.7. The van der Waals surface area contributed by atoms with E-state index in [1.165, 1.54) is 25.5 Å². The van der Waals surface area contributed by atoms with Gasteiger partial charge in [0.25, 0.3) is 0 Å². The van der Waals surface area contributed by atoms with E-state index in [4.69, 9.17) is 21.0 Å². The SMILES string of the molecule is CS(=O)(=O)c1ccccc1-c1nc(C2CCCCC2)oc1-c1ccc(Cl)cc1. The quantitative estimate of drug-likeness (QED) is 0.515. The van der Waals surface area contributed by atoms with Gasteiger partial charge in [0, 0.05) is 28.3 Å². The number of aromatic nitrogens is 1. The highest BCUT2D eigenvalue weighted by Gasteiger charge is 2.27. The smallest absolute Gasteiger partial charge is 0.198 e. The molecule has 0 spiro atoms. The maximum atomic E-state index is 12.4. The van der Waals surface area contributed by atoms with Crippen LogP contribution in [-0.4, -0.2) is 19.7 Å². The number of hydrogen-bond donors (Lipinski definition) is 0. The Morgan fingerprint density at radius 2 is 1.68 bits per heavy atom. The molecule has 1 aromatic heterocycles. The molecule has 0 atom stereocenters. The third kappa shape index (κ3) is 3.87. The lowest BCUT2D eigenvalue weighted by molar-refractivity contribution is 0.367. The Bertz CT molecular complexity index is 1080. The first-order chi connectivity index (χ1) is 13.4. The van der Waals surface area contributed by atoms with Crippen LogP contribution in [0.4, 0.5) is 0 Å². The topological polar surface area (TPSA) is 60.2 Å². The van der Waals surface area contributed by atoms with Crippen LogP contribution in [-0.2, 0) is 9.84 Å². The second-order valence-corrected chi connectivity index (χ2v) is 9.76. The minimum atomic E-state index is -3.41. The van der Waals surface area contributed by atoms with Crippen molar-refractivity contribution in [2.24, 2.45) is 0 Å². The van der Waals surface area contributed by atoms with Gasteiger partial charge in [-0.25, -0.2) is 13.4 Å². The fraction of sp³-hybridized carbons (Fsp3) is 0.318. The summed E-state index contributed by atoms with van der Waals surface area (Å²) >= 11 is 6.04. The predicted octanol–water partition coefficient (Wildman–Crippen LogP) is 6.11. The van der Waals surface area contributed by atoms with Crippen LogP contribution in [0, 0.1) is 0 Å². The molecule has 0 unspecified atom stereocenters. The molecular weight excluding hydrogens is 394 g/mol. The Morgan fingerprint density at radius 1 is 1.00 bits per heavy atom. The third-order valence-corrected chi connectivity index (χ3v) is 6.65. The lowest BCUT2D eigenvalue weighted by Crippen LogP contribution is -2.05. The molecule has 1 heterocycles. The van der Waals surface area contributed by atoms with Crippen molar-refractivity contribution in [3.05, 3.63) is 59.4 Å². The predicted molar refractivity (Wildman–Crippen MR) is 111 cm³/mol. The van der Waals surface area contributed by atoms with E-state index in [0.717, 1.165) is 18.4 Å². The molecule has 0 bridgehead atoms. The Labute approximate surface area is 170 Å². The maximum absolute atomic E-state index is 12.4. The summed E-state index contributed by atoms with van der Waals surface area (Å²) in [6.45, 7) is 0. The third-order valence-electron chi connectivity index (χ3n) is 5.25. The minimum Gasteiger partial charge on any atom is -0.440 e. The Hall–Kier alpha value is -2.11. The molecular formula is C22H22ClNO3S. The molecule has 0 radical (unpaired) electrons. The summed E-state index contributed by atoms with van der Waals surface area (Å²) in [7, 11) is -3.41. The van der Waals surface area contributed by atoms with Gasteiger partial charge in [-0.3, -0.25) is 0 Å². The van der Waals surface area contributed by atoms with Crippen LogP contribution in [0.5, 0.6) is 0 Å². The molecule has 6 heteroatoms.